The van der Waals surface area contributed by atoms with Crippen LogP contribution in [0.15, 0.2) is 35.2 Å². The fourth-order valence-electron chi connectivity index (χ4n) is 1.51. The van der Waals surface area contributed by atoms with Gasteiger partial charge in [0.1, 0.15) is 12.0 Å². The van der Waals surface area contributed by atoms with Crippen LogP contribution in [-0.2, 0) is 0 Å². The maximum absolute atomic E-state index is 11.8. The van der Waals surface area contributed by atoms with Crippen molar-refractivity contribution in [2.75, 3.05) is 12.1 Å². The molecule has 6 heteroatoms. The van der Waals surface area contributed by atoms with Crippen molar-refractivity contribution in [3.05, 3.63) is 36.2 Å². The molecule has 0 saturated carbocycles. The summed E-state index contributed by atoms with van der Waals surface area (Å²) in [6.45, 7) is 0.187. The second kappa shape index (κ2) is 3.82. The van der Waals surface area contributed by atoms with Gasteiger partial charge in [-0.1, -0.05) is 5.16 Å². The molecule has 2 aromatic rings. The maximum Gasteiger partial charge on any atom is 0.255 e. The van der Waals surface area contributed by atoms with Crippen molar-refractivity contribution < 1.29 is 18.8 Å². The summed E-state index contributed by atoms with van der Waals surface area (Å²) in [7, 11) is 0. The van der Waals surface area contributed by atoms with Crippen LogP contribution in [0, 0.1) is 0 Å². The molecule has 1 N–H and O–H groups in total. The van der Waals surface area contributed by atoms with E-state index in [9.17, 15) is 4.79 Å². The number of rotatable bonds is 2. The van der Waals surface area contributed by atoms with E-state index in [1.54, 1.807) is 18.2 Å². The molecule has 0 radical (unpaired) electrons. The Balaban J connectivity index is 1.82. The first-order valence-electron chi connectivity index (χ1n) is 4.93. The number of amides is 1. The van der Waals surface area contributed by atoms with Crippen molar-refractivity contribution in [1.29, 1.82) is 0 Å². The summed E-state index contributed by atoms with van der Waals surface area (Å²) in [5.74, 6) is 0.959. The Hall–Kier alpha value is -2.50. The molecule has 86 valence electrons. The van der Waals surface area contributed by atoms with Crippen LogP contribution in [-0.4, -0.2) is 17.9 Å². The zero-order valence-corrected chi connectivity index (χ0v) is 8.67. The molecule has 1 aromatic carbocycles. The average molecular weight is 232 g/mol. The number of nitrogens with one attached hydrogen (secondary N) is 1. The Morgan fingerprint density at radius 1 is 1.29 bits per heavy atom. The topological polar surface area (TPSA) is 73.6 Å². The Morgan fingerprint density at radius 2 is 2.18 bits per heavy atom. The molecule has 6 nitrogen and oxygen atoms in total. The first kappa shape index (κ1) is 9.71. The molecule has 0 saturated heterocycles. The van der Waals surface area contributed by atoms with E-state index in [0.29, 0.717) is 22.7 Å². The minimum absolute atomic E-state index is 0.187. The number of carbonyl (C=O) groups is 1. The van der Waals surface area contributed by atoms with Crippen LogP contribution in [0.4, 0.5) is 5.69 Å². The summed E-state index contributed by atoms with van der Waals surface area (Å²) in [5, 5.41) is 6.13. The van der Waals surface area contributed by atoms with Gasteiger partial charge in [0.15, 0.2) is 11.5 Å². The fraction of sp³-hybridized carbons (Fsp3) is 0.0909. The van der Waals surface area contributed by atoms with Crippen molar-refractivity contribution in [1.82, 2.24) is 5.16 Å². The number of fused-ring (bicyclic) bond motifs is 1. The third kappa shape index (κ3) is 1.80. The molecule has 2 heterocycles. The first-order chi connectivity index (χ1) is 8.33. The number of hydrogen-bond acceptors (Lipinski definition) is 5. The highest BCUT2D eigenvalue weighted by Crippen LogP contribution is 2.32. The minimum Gasteiger partial charge on any atom is -0.454 e. The summed E-state index contributed by atoms with van der Waals surface area (Å²) >= 11 is 0. The number of hydrogen-bond donors (Lipinski definition) is 1. The van der Waals surface area contributed by atoms with Gasteiger partial charge in [0, 0.05) is 5.56 Å². The van der Waals surface area contributed by atoms with E-state index < -0.39 is 0 Å². The van der Waals surface area contributed by atoms with E-state index in [1.807, 2.05) is 0 Å². The molecule has 0 bridgehead atoms. The third-order valence-corrected chi connectivity index (χ3v) is 2.32. The van der Waals surface area contributed by atoms with Gasteiger partial charge < -0.3 is 19.3 Å². The van der Waals surface area contributed by atoms with Crippen LogP contribution in [0.1, 0.15) is 10.4 Å². The summed E-state index contributed by atoms with van der Waals surface area (Å²) in [5.41, 5.74) is 0.989. The minimum atomic E-state index is -0.258. The zero-order valence-electron chi connectivity index (χ0n) is 8.67. The number of ether oxygens (including phenoxy) is 2. The van der Waals surface area contributed by atoms with Crippen LogP contribution < -0.4 is 14.8 Å². The quantitative estimate of drug-likeness (QED) is 0.852. The van der Waals surface area contributed by atoms with E-state index in [4.69, 9.17) is 9.47 Å². The summed E-state index contributed by atoms with van der Waals surface area (Å²) in [6.07, 6.45) is 2.77. The second-order valence-corrected chi connectivity index (χ2v) is 3.44. The Labute approximate surface area is 96.1 Å². The summed E-state index contributed by atoms with van der Waals surface area (Å²) < 4.78 is 15.0. The molecule has 17 heavy (non-hydrogen) atoms. The molecule has 1 amide bonds. The third-order valence-electron chi connectivity index (χ3n) is 2.32. The molecule has 3 rings (SSSR count). The molecular weight excluding hydrogens is 224 g/mol. The van der Waals surface area contributed by atoms with Gasteiger partial charge in [-0.15, -0.1) is 0 Å². The van der Waals surface area contributed by atoms with Gasteiger partial charge in [-0.05, 0) is 18.2 Å². The normalized spacial score (nSPS) is 12.5. The summed E-state index contributed by atoms with van der Waals surface area (Å²) in [4.78, 5) is 11.8. The van der Waals surface area contributed by atoms with E-state index in [0.717, 1.165) is 0 Å². The van der Waals surface area contributed by atoms with Crippen molar-refractivity contribution >= 4 is 11.6 Å². The smallest absolute Gasteiger partial charge is 0.255 e. The Bertz CT molecular complexity index is 551. The van der Waals surface area contributed by atoms with Crippen LogP contribution in [0.2, 0.25) is 0 Å². The fourth-order valence-corrected chi connectivity index (χ4v) is 1.51. The average Bonchev–Trinajstić information content (AvgIpc) is 2.97. The molecule has 0 atom stereocenters. The summed E-state index contributed by atoms with van der Waals surface area (Å²) in [6, 6.07) is 4.99. The van der Waals surface area contributed by atoms with Gasteiger partial charge >= 0.3 is 0 Å². The molecule has 1 aliphatic heterocycles. The number of anilines is 1. The second-order valence-electron chi connectivity index (χ2n) is 3.44. The largest absolute Gasteiger partial charge is 0.454 e. The molecule has 0 aliphatic carbocycles. The number of nitrogens with zero attached hydrogens (tertiary/aromatic N) is 1. The molecule has 0 unspecified atom stereocenters. The molecule has 0 fully saturated rings. The molecule has 1 aromatic heterocycles. The highest BCUT2D eigenvalue weighted by Gasteiger charge is 2.16. The monoisotopic (exact) mass is 232 g/mol. The molecular formula is C11H8N2O4. The lowest BCUT2D eigenvalue weighted by Crippen LogP contribution is -2.11. The van der Waals surface area contributed by atoms with Gasteiger partial charge in [-0.3, -0.25) is 4.79 Å². The lowest BCUT2D eigenvalue weighted by atomic mass is 10.2. The van der Waals surface area contributed by atoms with Crippen molar-refractivity contribution in [3.8, 4) is 11.5 Å². The highest BCUT2D eigenvalue weighted by molar-refractivity contribution is 6.04. The maximum atomic E-state index is 11.8. The zero-order chi connectivity index (χ0) is 11.7. The van der Waals surface area contributed by atoms with E-state index in [-0.39, 0.29) is 12.7 Å². The van der Waals surface area contributed by atoms with Crippen molar-refractivity contribution in [3.63, 3.8) is 0 Å². The van der Waals surface area contributed by atoms with Crippen LogP contribution in [0.5, 0.6) is 11.5 Å². The molecule has 0 spiro atoms. The number of aromatic nitrogens is 1. The van der Waals surface area contributed by atoms with Gasteiger partial charge in [0.25, 0.3) is 5.91 Å². The SMILES string of the molecule is O=C(Nc1cnoc1)c1ccc2c(c1)OCO2. The van der Waals surface area contributed by atoms with Crippen molar-refractivity contribution in [2.24, 2.45) is 0 Å². The van der Waals surface area contributed by atoms with E-state index in [1.165, 1.54) is 12.5 Å². The Morgan fingerprint density at radius 3 is 3.00 bits per heavy atom. The first-order valence-corrected chi connectivity index (χ1v) is 4.93. The highest BCUT2D eigenvalue weighted by atomic mass is 16.7. The van der Waals surface area contributed by atoms with Crippen LogP contribution in [0.3, 0.4) is 0 Å². The van der Waals surface area contributed by atoms with Gasteiger partial charge in [0.2, 0.25) is 6.79 Å². The van der Waals surface area contributed by atoms with Crippen molar-refractivity contribution in [2.45, 2.75) is 0 Å². The molecule has 1 aliphatic rings. The Kier molecular flexibility index (Phi) is 2.18. The van der Waals surface area contributed by atoms with Crippen LogP contribution >= 0.6 is 0 Å². The van der Waals surface area contributed by atoms with Crippen LogP contribution in [0.25, 0.3) is 0 Å². The number of carbonyl (C=O) groups excluding carboxylic acids is 1. The van der Waals surface area contributed by atoms with Gasteiger partial charge in [0.05, 0.1) is 6.20 Å². The van der Waals surface area contributed by atoms with Gasteiger partial charge in [-0.25, -0.2) is 0 Å². The predicted octanol–water partition coefficient (Wildman–Crippen LogP) is 1.66. The number of benzene rings is 1. The lowest BCUT2D eigenvalue weighted by Gasteiger charge is -2.02. The van der Waals surface area contributed by atoms with E-state index in [2.05, 4.69) is 15.0 Å². The standard InChI is InChI=1S/C11H8N2O4/c14-11(13-8-4-12-17-5-8)7-1-2-9-10(3-7)16-6-15-9/h1-5H,6H2,(H,13,14). The van der Waals surface area contributed by atoms with Gasteiger partial charge in [-0.2, -0.15) is 0 Å². The van der Waals surface area contributed by atoms with E-state index >= 15 is 0 Å². The predicted molar refractivity (Wildman–Crippen MR) is 57.0 cm³/mol. The lowest BCUT2D eigenvalue weighted by molar-refractivity contribution is 0.102.